The van der Waals surface area contributed by atoms with E-state index in [2.05, 4.69) is 0 Å². The van der Waals surface area contributed by atoms with Crippen LogP contribution < -0.4 is 29.6 Å². The number of carboxylic acids is 1. The fourth-order valence-electron chi connectivity index (χ4n) is 0.668. The number of carboxylic acid groups (broad SMARTS) is 1. The van der Waals surface area contributed by atoms with Crippen molar-refractivity contribution in [3.8, 4) is 0 Å². The van der Waals surface area contributed by atoms with E-state index in [1.54, 1.807) is 0 Å². The van der Waals surface area contributed by atoms with E-state index in [1.807, 2.05) is 0 Å². The van der Waals surface area contributed by atoms with Gasteiger partial charge in [0.15, 0.2) is 6.10 Å². The minimum atomic E-state index is -2.20. The van der Waals surface area contributed by atoms with Gasteiger partial charge < -0.3 is 37.5 Å². The van der Waals surface area contributed by atoms with Gasteiger partial charge in [-0.05, 0) is 0 Å². The van der Waals surface area contributed by atoms with Crippen LogP contribution in [0.4, 0.5) is 0 Å². The molecule has 0 radical (unpaired) electrons. The maximum absolute atomic E-state index is 10.1. The molecule has 0 aromatic rings. The second-order valence-corrected chi connectivity index (χ2v) is 2.51. The minimum Gasteiger partial charge on any atom is -1.00 e. The Labute approximate surface area is 109 Å². The Kier molecular flexibility index (Phi) is 13.0. The molecule has 0 bridgehead atoms. The fourth-order valence-corrected chi connectivity index (χ4v) is 0.668. The van der Waals surface area contributed by atoms with Gasteiger partial charge >= 0.3 is 35.5 Å². The second kappa shape index (κ2) is 9.46. The third kappa shape index (κ3) is 6.40. The number of aliphatic carboxylic acids is 1. The number of aliphatic hydroxyl groups is 5. The Bertz CT molecular complexity index is 182. The Morgan fingerprint density at radius 2 is 1.53 bits per heavy atom. The summed E-state index contributed by atoms with van der Waals surface area (Å²) in [6.45, 7) is -0.843. The van der Waals surface area contributed by atoms with E-state index < -0.39 is 37.0 Å². The van der Waals surface area contributed by atoms with Gasteiger partial charge in [0, 0.05) is 0 Å². The van der Waals surface area contributed by atoms with Crippen LogP contribution in [0, 0.1) is 0 Å². The van der Waals surface area contributed by atoms with Gasteiger partial charge in [-0.1, -0.05) is 0 Å². The van der Waals surface area contributed by atoms with E-state index in [0.717, 1.165) is 0 Å². The van der Waals surface area contributed by atoms with Gasteiger partial charge in [0.25, 0.3) is 0 Å². The van der Waals surface area contributed by atoms with Crippen LogP contribution in [0.2, 0.25) is 0 Å². The van der Waals surface area contributed by atoms with Crippen molar-refractivity contribution < 1.29 is 71.9 Å². The first-order valence-electron chi connectivity index (χ1n) is 3.47. The molecule has 0 fully saturated rings. The number of carbonyl (C=O) groups is 1. The Balaban J connectivity index is -0.000000240. The predicted molar refractivity (Wildman–Crippen MR) is 43.5 cm³/mol. The number of rotatable bonds is 5. The van der Waals surface area contributed by atoms with Gasteiger partial charge in [0.1, 0.15) is 18.3 Å². The molecule has 0 unspecified atom stereocenters. The SMILES string of the molecule is O.O=C(O)[C@H](O)[C@@H](O)[C@H](O)[C@H](O)CO.[H-].[Na+]. The third-order valence-corrected chi connectivity index (χ3v) is 1.51. The number of hydrogen-bond donors (Lipinski definition) is 6. The van der Waals surface area contributed by atoms with E-state index in [4.69, 9.17) is 30.6 Å². The van der Waals surface area contributed by atoms with Gasteiger partial charge in [0.05, 0.1) is 6.61 Å². The zero-order valence-electron chi connectivity index (χ0n) is 9.11. The van der Waals surface area contributed by atoms with Crippen molar-refractivity contribution >= 4 is 5.97 Å². The standard InChI is InChI=1S/C6H12O7.Na.H2O.H/c7-1-2(8)3(9)4(10)5(11)6(12)13;;;/h2-5,7-11H,1H2,(H,12,13);;1H2;/q;+1;;-1/t2-,3-,4+,5-;;;/m1.../s1. The van der Waals surface area contributed by atoms with Crippen LogP contribution in [0.3, 0.4) is 0 Å². The molecule has 0 aromatic heterocycles. The first-order valence-corrected chi connectivity index (χ1v) is 3.47. The summed E-state index contributed by atoms with van der Waals surface area (Å²) < 4.78 is 0. The van der Waals surface area contributed by atoms with Crippen LogP contribution in [0.5, 0.6) is 0 Å². The van der Waals surface area contributed by atoms with E-state index >= 15 is 0 Å². The quantitative estimate of drug-likeness (QED) is 0.258. The Morgan fingerprint density at radius 3 is 1.80 bits per heavy atom. The Morgan fingerprint density at radius 1 is 1.13 bits per heavy atom. The molecule has 4 atom stereocenters. The zero-order chi connectivity index (χ0) is 10.6. The summed E-state index contributed by atoms with van der Waals surface area (Å²) in [5, 5.41) is 51.8. The number of aliphatic hydroxyl groups excluding tert-OH is 5. The van der Waals surface area contributed by atoms with Crippen LogP contribution in [0.15, 0.2) is 0 Å². The largest absolute Gasteiger partial charge is 1.00 e. The molecule has 88 valence electrons. The van der Waals surface area contributed by atoms with Crippen LogP contribution in [0.25, 0.3) is 0 Å². The summed E-state index contributed by atoms with van der Waals surface area (Å²) in [7, 11) is 0. The van der Waals surface area contributed by atoms with Crippen molar-refractivity contribution in [2.45, 2.75) is 24.4 Å². The molecule has 0 rings (SSSR count). The summed E-state index contributed by atoms with van der Waals surface area (Å²) in [6, 6.07) is 0. The maximum atomic E-state index is 10.1. The molecule has 0 saturated heterocycles. The molecular formula is C6H15NaO8. The van der Waals surface area contributed by atoms with Crippen molar-refractivity contribution in [1.29, 1.82) is 0 Å². The first kappa shape index (κ1) is 20.6. The van der Waals surface area contributed by atoms with Crippen LogP contribution >= 0.6 is 0 Å². The van der Waals surface area contributed by atoms with Gasteiger partial charge in [-0.3, -0.25) is 0 Å². The van der Waals surface area contributed by atoms with Crippen LogP contribution in [-0.2, 0) is 4.79 Å². The smallest absolute Gasteiger partial charge is 1.00 e. The zero-order valence-corrected chi connectivity index (χ0v) is 10.1. The molecule has 0 aromatic carbocycles. The molecule has 0 aliphatic carbocycles. The van der Waals surface area contributed by atoms with Gasteiger partial charge in [0.2, 0.25) is 0 Å². The molecule has 0 saturated carbocycles. The normalized spacial score (nSPS) is 17.7. The molecule has 0 aliphatic heterocycles. The first-order chi connectivity index (χ1) is 5.91. The molecule has 15 heavy (non-hydrogen) atoms. The van der Waals surface area contributed by atoms with E-state index in [-0.39, 0.29) is 36.5 Å². The Hall–Kier alpha value is 0.230. The fraction of sp³-hybridized carbons (Fsp3) is 0.833. The molecule has 0 heterocycles. The van der Waals surface area contributed by atoms with E-state index in [9.17, 15) is 4.79 Å². The summed E-state index contributed by atoms with van der Waals surface area (Å²) in [5.41, 5.74) is 0. The molecular weight excluding hydrogens is 223 g/mol. The minimum absolute atomic E-state index is 0. The van der Waals surface area contributed by atoms with Gasteiger partial charge in [-0.15, -0.1) is 0 Å². The summed E-state index contributed by atoms with van der Waals surface area (Å²) >= 11 is 0. The predicted octanol–water partition coefficient (Wildman–Crippen LogP) is -7.20. The molecule has 0 aliphatic rings. The molecule has 0 spiro atoms. The maximum Gasteiger partial charge on any atom is 1.00 e. The number of hydrogen-bond acceptors (Lipinski definition) is 6. The molecule has 0 amide bonds. The average molecular weight is 238 g/mol. The molecule has 8 nitrogen and oxygen atoms in total. The van der Waals surface area contributed by atoms with E-state index in [0.29, 0.717) is 0 Å². The van der Waals surface area contributed by atoms with Crippen LogP contribution in [0.1, 0.15) is 1.43 Å². The molecule has 8 N–H and O–H groups in total. The summed E-state index contributed by atoms with van der Waals surface area (Å²) in [6.07, 6.45) is -7.84. The third-order valence-electron chi connectivity index (χ3n) is 1.51. The topological polar surface area (TPSA) is 170 Å². The van der Waals surface area contributed by atoms with Crippen molar-refractivity contribution in [3.63, 3.8) is 0 Å². The molecule has 9 heteroatoms. The van der Waals surface area contributed by atoms with Crippen molar-refractivity contribution in [1.82, 2.24) is 0 Å². The van der Waals surface area contributed by atoms with Crippen LogP contribution in [-0.4, -0.2) is 73.1 Å². The van der Waals surface area contributed by atoms with Gasteiger partial charge in [-0.2, -0.15) is 0 Å². The van der Waals surface area contributed by atoms with Crippen molar-refractivity contribution in [2.75, 3.05) is 6.61 Å². The van der Waals surface area contributed by atoms with Crippen molar-refractivity contribution in [3.05, 3.63) is 0 Å². The summed E-state index contributed by atoms with van der Waals surface area (Å²) in [5.74, 6) is -1.73. The van der Waals surface area contributed by atoms with E-state index in [1.165, 1.54) is 0 Å². The second-order valence-electron chi connectivity index (χ2n) is 2.51. The van der Waals surface area contributed by atoms with Gasteiger partial charge in [-0.25, -0.2) is 4.79 Å². The summed E-state index contributed by atoms with van der Waals surface area (Å²) in [4.78, 5) is 10.1. The van der Waals surface area contributed by atoms with Crippen molar-refractivity contribution in [2.24, 2.45) is 0 Å². The monoisotopic (exact) mass is 238 g/mol. The average Bonchev–Trinajstić information content (AvgIpc) is 2.12.